The van der Waals surface area contributed by atoms with Gasteiger partial charge in [-0.1, -0.05) is 24.3 Å². The van der Waals surface area contributed by atoms with Crippen LogP contribution >= 0.6 is 11.3 Å². The Kier molecular flexibility index (Phi) is 8.78. The van der Waals surface area contributed by atoms with Gasteiger partial charge in [0.15, 0.2) is 0 Å². The smallest absolute Gasteiger partial charge is 0.262 e. The van der Waals surface area contributed by atoms with Crippen LogP contribution in [0.1, 0.15) is 37.6 Å². The Bertz CT molecular complexity index is 2170. The Balaban J connectivity index is 1.22. The Morgan fingerprint density at radius 3 is 2.61 bits per heavy atom. The van der Waals surface area contributed by atoms with Gasteiger partial charge in [0.2, 0.25) is 0 Å². The van der Waals surface area contributed by atoms with Crippen molar-refractivity contribution in [3.63, 3.8) is 0 Å². The van der Waals surface area contributed by atoms with E-state index in [2.05, 4.69) is 26.1 Å². The minimum absolute atomic E-state index is 0.0823. The van der Waals surface area contributed by atoms with Crippen molar-refractivity contribution in [2.45, 2.75) is 24.4 Å². The molecule has 3 aromatic heterocycles. The van der Waals surface area contributed by atoms with Gasteiger partial charge in [0.05, 0.1) is 34.8 Å². The van der Waals surface area contributed by atoms with Crippen LogP contribution in [-0.2, 0) is 29.5 Å². The number of aromatic nitrogens is 3. The zero-order chi connectivity index (χ0) is 32.1. The first-order valence-electron chi connectivity index (χ1n) is 14.2. The third kappa shape index (κ3) is 6.76. The SMILES string of the molecule is COc1cccc(S(=O)(=O)Nc2ccc3sc(C(=O)NCc4cccnc4)cc3c2)c1Cc1cncn1Cc1ccc(C#N)cc1. The molecule has 12 heteroatoms. The van der Waals surface area contributed by atoms with E-state index in [-0.39, 0.29) is 17.2 Å². The van der Waals surface area contributed by atoms with E-state index >= 15 is 0 Å². The molecule has 6 rings (SSSR count). The molecule has 3 aromatic carbocycles. The first-order valence-corrected chi connectivity index (χ1v) is 16.5. The van der Waals surface area contributed by atoms with Gasteiger partial charge in [-0.25, -0.2) is 13.4 Å². The molecule has 0 bridgehead atoms. The topological polar surface area (TPSA) is 139 Å². The summed E-state index contributed by atoms with van der Waals surface area (Å²) in [5, 5.41) is 12.7. The highest BCUT2D eigenvalue weighted by atomic mass is 32.2. The second-order valence-electron chi connectivity index (χ2n) is 10.4. The number of amides is 1. The minimum Gasteiger partial charge on any atom is -0.496 e. The number of methoxy groups -OCH3 is 1. The number of carbonyl (C=O) groups excluding carboxylic acids is 1. The number of pyridine rings is 1. The number of nitriles is 1. The number of fused-ring (bicyclic) bond motifs is 1. The van der Waals surface area contributed by atoms with Gasteiger partial charge in [0.1, 0.15) is 5.75 Å². The van der Waals surface area contributed by atoms with Gasteiger partial charge in [-0.3, -0.25) is 14.5 Å². The standard InChI is InChI=1S/C34H28N6O4S2/c1-44-30-5-2-6-33(29(30)16-28-20-37-22-40(28)21-24-9-7-23(17-35)8-10-24)46(42,43)39-27-11-12-31-26(14-27)15-32(45-31)34(41)38-19-25-4-3-13-36-18-25/h2-15,18,20,22,39H,16,19,21H2,1H3,(H,38,41). The van der Waals surface area contributed by atoms with Gasteiger partial charge in [-0.15, -0.1) is 11.3 Å². The number of benzene rings is 3. The molecule has 1 amide bonds. The number of nitrogens with one attached hydrogen (secondary N) is 2. The third-order valence-electron chi connectivity index (χ3n) is 7.36. The summed E-state index contributed by atoms with van der Waals surface area (Å²) < 4.78 is 38.8. The van der Waals surface area contributed by atoms with Crippen LogP contribution in [0.2, 0.25) is 0 Å². The summed E-state index contributed by atoms with van der Waals surface area (Å²) in [4.78, 5) is 21.8. The highest BCUT2D eigenvalue weighted by Gasteiger charge is 2.23. The van der Waals surface area contributed by atoms with Gasteiger partial charge in [-0.05, 0) is 71.1 Å². The number of hydrogen-bond donors (Lipinski definition) is 2. The fourth-order valence-electron chi connectivity index (χ4n) is 5.06. The number of rotatable bonds is 11. The number of thiophene rings is 1. The fraction of sp³-hybridized carbons (Fsp3) is 0.118. The number of carbonyl (C=O) groups is 1. The molecule has 2 N–H and O–H groups in total. The van der Waals surface area contributed by atoms with Crippen LogP contribution in [-0.4, -0.2) is 36.0 Å². The van der Waals surface area contributed by atoms with Crippen LogP contribution in [0.4, 0.5) is 5.69 Å². The lowest BCUT2D eigenvalue weighted by molar-refractivity contribution is 0.0955. The number of sulfonamides is 1. The van der Waals surface area contributed by atoms with E-state index in [0.29, 0.717) is 40.5 Å². The van der Waals surface area contributed by atoms with Gasteiger partial charge in [0.25, 0.3) is 15.9 Å². The fourth-order valence-corrected chi connectivity index (χ4v) is 7.33. The monoisotopic (exact) mass is 648 g/mol. The Morgan fingerprint density at radius 2 is 1.85 bits per heavy atom. The van der Waals surface area contributed by atoms with Crippen LogP contribution < -0.4 is 14.8 Å². The summed E-state index contributed by atoms with van der Waals surface area (Å²) in [5.74, 6) is 0.218. The van der Waals surface area contributed by atoms with Crippen molar-refractivity contribution in [3.8, 4) is 11.8 Å². The maximum atomic E-state index is 13.8. The molecule has 0 radical (unpaired) electrons. The van der Waals surface area contributed by atoms with Crippen LogP contribution in [0, 0.1) is 11.3 Å². The van der Waals surface area contributed by atoms with Gasteiger partial charge >= 0.3 is 0 Å². The molecule has 230 valence electrons. The van der Waals surface area contributed by atoms with Crippen molar-refractivity contribution in [1.29, 1.82) is 5.26 Å². The highest BCUT2D eigenvalue weighted by Crippen LogP contribution is 2.32. The molecular formula is C34H28N6O4S2. The Hall–Kier alpha value is -5.51. The highest BCUT2D eigenvalue weighted by molar-refractivity contribution is 7.92. The molecule has 0 aliphatic rings. The number of anilines is 1. The Labute approximate surface area is 270 Å². The molecule has 0 aliphatic carbocycles. The molecular weight excluding hydrogens is 621 g/mol. The summed E-state index contributed by atoms with van der Waals surface area (Å²) in [6.45, 7) is 0.853. The molecule has 0 fully saturated rings. The first kappa shape index (κ1) is 30.5. The largest absolute Gasteiger partial charge is 0.496 e. The van der Waals surface area contributed by atoms with Crippen molar-refractivity contribution < 1.29 is 17.9 Å². The molecule has 0 spiro atoms. The second kappa shape index (κ2) is 13.2. The minimum atomic E-state index is -4.05. The van der Waals surface area contributed by atoms with E-state index in [4.69, 9.17) is 10.00 Å². The molecule has 0 aliphatic heterocycles. The zero-order valence-corrected chi connectivity index (χ0v) is 26.3. The van der Waals surface area contributed by atoms with E-state index in [1.807, 2.05) is 28.8 Å². The van der Waals surface area contributed by atoms with Crippen molar-refractivity contribution in [2.75, 3.05) is 11.8 Å². The van der Waals surface area contributed by atoms with Crippen molar-refractivity contribution in [1.82, 2.24) is 19.9 Å². The van der Waals surface area contributed by atoms with E-state index in [0.717, 1.165) is 26.9 Å². The summed E-state index contributed by atoms with van der Waals surface area (Å²) in [5.41, 5.74) is 4.09. The predicted octanol–water partition coefficient (Wildman–Crippen LogP) is 5.74. The molecule has 46 heavy (non-hydrogen) atoms. The van der Waals surface area contributed by atoms with Crippen LogP contribution in [0.3, 0.4) is 0 Å². The van der Waals surface area contributed by atoms with E-state index < -0.39 is 10.0 Å². The molecule has 6 aromatic rings. The van der Waals surface area contributed by atoms with Crippen molar-refractivity contribution in [2.24, 2.45) is 0 Å². The number of imidazole rings is 1. The summed E-state index contributed by atoms with van der Waals surface area (Å²) in [6, 6.07) is 25.0. The maximum Gasteiger partial charge on any atom is 0.262 e. The molecule has 10 nitrogen and oxygen atoms in total. The lowest BCUT2D eigenvalue weighted by atomic mass is 10.1. The lowest BCUT2D eigenvalue weighted by Gasteiger charge is -2.16. The molecule has 0 saturated heterocycles. The van der Waals surface area contributed by atoms with E-state index in [1.165, 1.54) is 18.4 Å². The van der Waals surface area contributed by atoms with Gasteiger partial charge in [-0.2, -0.15) is 5.26 Å². The van der Waals surface area contributed by atoms with Crippen molar-refractivity contribution in [3.05, 3.63) is 137 Å². The molecule has 0 atom stereocenters. The summed E-state index contributed by atoms with van der Waals surface area (Å²) in [6.07, 6.45) is 7.02. The molecule has 3 heterocycles. The Morgan fingerprint density at radius 1 is 1.00 bits per heavy atom. The number of nitrogens with zero attached hydrogens (tertiary/aromatic N) is 4. The van der Waals surface area contributed by atoms with Crippen LogP contribution in [0.5, 0.6) is 5.75 Å². The summed E-state index contributed by atoms with van der Waals surface area (Å²) >= 11 is 1.33. The maximum absolute atomic E-state index is 13.8. The normalized spacial score (nSPS) is 11.2. The predicted molar refractivity (Wildman–Crippen MR) is 176 cm³/mol. The van der Waals surface area contributed by atoms with E-state index in [1.54, 1.807) is 79.5 Å². The molecule has 0 unspecified atom stereocenters. The third-order valence-corrected chi connectivity index (χ3v) is 9.94. The van der Waals surface area contributed by atoms with Crippen molar-refractivity contribution >= 4 is 43.0 Å². The average molecular weight is 649 g/mol. The van der Waals surface area contributed by atoms with Gasteiger partial charge in [0, 0.05) is 59.7 Å². The second-order valence-corrected chi connectivity index (χ2v) is 13.2. The van der Waals surface area contributed by atoms with E-state index in [9.17, 15) is 13.2 Å². The van der Waals surface area contributed by atoms with Crippen LogP contribution in [0.25, 0.3) is 10.1 Å². The molecule has 0 saturated carbocycles. The lowest BCUT2D eigenvalue weighted by Crippen LogP contribution is -2.21. The van der Waals surface area contributed by atoms with Gasteiger partial charge < -0.3 is 14.6 Å². The van der Waals surface area contributed by atoms with Crippen LogP contribution in [0.15, 0.2) is 109 Å². The average Bonchev–Trinajstić information content (AvgIpc) is 3.70. The number of ether oxygens (including phenoxy) is 1. The quantitative estimate of drug-likeness (QED) is 0.183. The summed E-state index contributed by atoms with van der Waals surface area (Å²) in [7, 11) is -2.54. The first-order chi connectivity index (χ1) is 22.3. The number of hydrogen-bond acceptors (Lipinski definition) is 8. The zero-order valence-electron chi connectivity index (χ0n) is 24.7.